The van der Waals surface area contributed by atoms with Crippen LogP contribution in [0.2, 0.25) is 0 Å². The van der Waals surface area contributed by atoms with Gasteiger partial charge < -0.3 is 14.8 Å². The van der Waals surface area contributed by atoms with Crippen LogP contribution >= 0.6 is 11.8 Å². The molecule has 0 bridgehead atoms. The molecule has 0 saturated heterocycles. The van der Waals surface area contributed by atoms with Crippen molar-refractivity contribution in [2.75, 3.05) is 26.5 Å². The summed E-state index contributed by atoms with van der Waals surface area (Å²) in [5, 5.41) is 14.4. The highest BCUT2D eigenvalue weighted by Gasteiger charge is 2.15. The van der Waals surface area contributed by atoms with Gasteiger partial charge in [-0.15, -0.1) is 5.10 Å². The average molecular weight is 351 g/mol. The maximum atomic E-state index is 11.7. The van der Waals surface area contributed by atoms with E-state index < -0.39 is 5.97 Å². The predicted octanol–water partition coefficient (Wildman–Crippen LogP) is 0.361. The number of hydrogen-bond donors (Lipinski definition) is 1. The van der Waals surface area contributed by atoms with Crippen molar-refractivity contribution in [3.05, 3.63) is 23.8 Å². The molecule has 24 heavy (non-hydrogen) atoms. The lowest BCUT2D eigenvalue weighted by Gasteiger charge is -2.10. The quantitative estimate of drug-likeness (QED) is 0.563. The molecule has 2 aromatic rings. The molecule has 1 amide bonds. The molecule has 0 aliphatic heterocycles. The monoisotopic (exact) mass is 351 g/mol. The number of carbonyl (C=O) groups is 2. The Bertz CT molecular complexity index is 734. The number of aryl methyl sites for hydroxylation is 1. The maximum Gasteiger partial charge on any atom is 0.325 e. The van der Waals surface area contributed by atoms with Crippen molar-refractivity contribution in [2.24, 2.45) is 0 Å². The molecule has 1 heterocycles. The van der Waals surface area contributed by atoms with Crippen molar-refractivity contribution in [3.8, 4) is 11.4 Å². The second-order valence-corrected chi connectivity index (χ2v) is 5.63. The van der Waals surface area contributed by atoms with Gasteiger partial charge in [-0.25, -0.2) is 0 Å². The summed E-state index contributed by atoms with van der Waals surface area (Å²) in [6, 6.07) is 5.63. The zero-order chi connectivity index (χ0) is 17.5. The van der Waals surface area contributed by atoms with Crippen molar-refractivity contribution in [2.45, 2.75) is 12.1 Å². The van der Waals surface area contributed by atoms with Gasteiger partial charge >= 0.3 is 5.97 Å². The summed E-state index contributed by atoms with van der Waals surface area (Å²) in [7, 11) is 2.82. The van der Waals surface area contributed by atoms with Gasteiger partial charge in [0.05, 0.1) is 20.0 Å². The normalized spacial score (nSPS) is 10.3. The Morgan fingerprint density at radius 3 is 2.83 bits per heavy atom. The molecule has 0 unspecified atom stereocenters. The minimum absolute atomic E-state index is 0.0610. The van der Waals surface area contributed by atoms with E-state index >= 15 is 0 Å². The van der Waals surface area contributed by atoms with E-state index in [1.807, 2.05) is 25.1 Å². The number of esters is 1. The van der Waals surface area contributed by atoms with Gasteiger partial charge in [-0.05, 0) is 35.0 Å². The highest BCUT2D eigenvalue weighted by molar-refractivity contribution is 7.99. The van der Waals surface area contributed by atoms with Crippen LogP contribution in [-0.2, 0) is 14.3 Å². The molecule has 0 atom stereocenters. The van der Waals surface area contributed by atoms with Crippen molar-refractivity contribution in [3.63, 3.8) is 0 Å². The second-order valence-electron chi connectivity index (χ2n) is 4.69. The fraction of sp³-hybridized carbons (Fsp3) is 0.357. The van der Waals surface area contributed by atoms with Gasteiger partial charge in [0.1, 0.15) is 18.0 Å². The molecule has 0 aliphatic rings. The van der Waals surface area contributed by atoms with Crippen LogP contribution in [0.5, 0.6) is 5.75 Å². The number of nitrogens with one attached hydrogen (secondary N) is 1. The predicted molar refractivity (Wildman–Crippen MR) is 86.2 cm³/mol. The number of hydrogen-bond acceptors (Lipinski definition) is 8. The highest BCUT2D eigenvalue weighted by atomic mass is 32.2. The molecule has 128 valence electrons. The van der Waals surface area contributed by atoms with E-state index in [9.17, 15) is 9.59 Å². The molecule has 1 aromatic heterocycles. The van der Waals surface area contributed by atoms with Crippen LogP contribution < -0.4 is 10.1 Å². The molecule has 0 aliphatic carbocycles. The summed E-state index contributed by atoms with van der Waals surface area (Å²) in [6.45, 7) is 1.77. The zero-order valence-corrected chi connectivity index (χ0v) is 14.3. The number of tetrazole rings is 1. The van der Waals surface area contributed by atoms with Gasteiger partial charge in [-0.1, -0.05) is 17.8 Å². The van der Waals surface area contributed by atoms with Gasteiger partial charge in [0.25, 0.3) is 0 Å². The van der Waals surface area contributed by atoms with E-state index in [0.717, 1.165) is 17.3 Å². The van der Waals surface area contributed by atoms with Crippen molar-refractivity contribution < 1.29 is 19.1 Å². The Hall–Kier alpha value is -2.62. The molecule has 2 rings (SSSR count). The number of amides is 1. The van der Waals surface area contributed by atoms with Crippen molar-refractivity contribution in [1.82, 2.24) is 25.5 Å². The van der Waals surface area contributed by atoms with Crippen LogP contribution in [0.3, 0.4) is 0 Å². The standard InChI is InChI=1S/C14H17N5O4S/c1-9-4-5-11(22-2)10(6-9)19-14(16-17-18-19)24-8-12(20)15-7-13(21)23-3/h4-6H,7-8H2,1-3H3,(H,15,20). The number of rotatable bonds is 7. The molecule has 0 saturated carbocycles. The third-order valence-electron chi connectivity index (χ3n) is 2.99. The number of benzene rings is 1. The number of nitrogens with zero attached hydrogens (tertiary/aromatic N) is 4. The van der Waals surface area contributed by atoms with E-state index in [1.54, 1.807) is 7.11 Å². The number of carbonyl (C=O) groups excluding carboxylic acids is 2. The van der Waals surface area contributed by atoms with Gasteiger partial charge in [0.15, 0.2) is 0 Å². The van der Waals surface area contributed by atoms with Gasteiger partial charge in [-0.2, -0.15) is 4.68 Å². The van der Waals surface area contributed by atoms with Crippen LogP contribution in [0.1, 0.15) is 5.56 Å². The van der Waals surface area contributed by atoms with E-state index in [0.29, 0.717) is 16.6 Å². The molecule has 10 heteroatoms. The fourth-order valence-electron chi connectivity index (χ4n) is 1.81. The third-order valence-corrected chi connectivity index (χ3v) is 3.91. The first-order valence-corrected chi connectivity index (χ1v) is 7.93. The largest absolute Gasteiger partial charge is 0.494 e. The molecule has 1 N–H and O–H groups in total. The lowest BCUT2D eigenvalue weighted by atomic mass is 10.2. The summed E-state index contributed by atoms with van der Waals surface area (Å²) in [6.07, 6.45) is 0. The molecular weight excluding hydrogens is 334 g/mol. The van der Waals surface area contributed by atoms with Gasteiger partial charge in [0, 0.05) is 0 Å². The number of thioether (sulfide) groups is 1. The van der Waals surface area contributed by atoms with Crippen LogP contribution in [-0.4, -0.2) is 58.6 Å². The van der Waals surface area contributed by atoms with Crippen LogP contribution in [0, 0.1) is 6.92 Å². The molecule has 0 radical (unpaired) electrons. The summed E-state index contributed by atoms with van der Waals surface area (Å²) >= 11 is 1.15. The van der Waals surface area contributed by atoms with E-state index in [1.165, 1.54) is 11.8 Å². The van der Waals surface area contributed by atoms with Crippen molar-refractivity contribution in [1.29, 1.82) is 0 Å². The molecule has 9 nitrogen and oxygen atoms in total. The SMILES string of the molecule is COC(=O)CNC(=O)CSc1nnnn1-c1cc(C)ccc1OC. The fourth-order valence-corrected chi connectivity index (χ4v) is 2.52. The van der Waals surface area contributed by atoms with Crippen molar-refractivity contribution >= 4 is 23.6 Å². The second kappa shape index (κ2) is 8.29. The minimum atomic E-state index is -0.511. The summed E-state index contributed by atoms with van der Waals surface area (Å²) in [4.78, 5) is 22.7. The molecular formula is C14H17N5O4S. The summed E-state index contributed by atoms with van der Waals surface area (Å²) in [5.41, 5.74) is 1.70. The van der Waals surface area contributed by atoms with E-state index in [-0.39, 0.29) is 18.2 Å². The lowest BCUT2D eigenvalue weighted by molar-refractivity contribution is -0.140. The van der Waals surface area contributed by atoms with Crippen LogP contribution in [0.15, 0.2) is 23.4 Å². The average Bonchev–Trinajstić information content (AvgIpc) is 3.06. The Balaban J connectivity index is 2.07. The Labute approximate surface area is 142 Å². The summed E-state index contributed by atoms with van der Waals surface area (Å²) in [5.74, 6) is -0.158. The number of methoxy groups -OCH3 is 2. The Morgan fingerprint density at radius 1 is 1.33 bits per heavy atom. The molecule has 1 aromatic carbocycles. The van der Waals surface area contributed by atoms with Gasteiger partial charge in [0.2, 0.25) is 11.1 Å². The Kier molecular flexibility index (Phi) is 6.13. The minimum Gasteiger partial charge on any atom is -0.494 e. The third kappa shape index (κ3) is 4.44. The van der Waals surface area contributed by atoms with Crippen LogP contribution in [0.25, 0.3) is 5.69 Å². The number of aromatic nitrogens is 4. The summed E-state index contributed by atoms with van der Waals surface area (Å²) < 4.78 is 11.3. The maximum absolute atomic E-state index is 11.7. The zero-order valence-electron chi connectivity index (χ0n) is 13.5. The Morgan fingerprint density at radius 2 is 2.12 bits per heavy atom. The van der Waals surface area contributed by atoms with Crippen LogP contribution in [0.4, 0.5) is 0 Å². The first kappa shape index (κ1) is 17.7. The van der Waals surface area contributed by atoms with E-state index in [4.69, 9.17) is 4.74 Å². The topological polar surface area (TPSA) is 108 Å². The molecule has 0 spiro atoms. The molecule has 0 fully saturated rings. The smallest absolute Gasteiger partial charge is 0.325 e. The lowest BCUT2D eigenvalue weighted by Crippen LogP contribution is -2.31. The highest BCUT2D eigenvalue weighted by Crippen LogP contribution is 2.26. The first-order chi connectivity index (χ1) is 11.5. The first-order valence-electron chi connectivity index (χ1n) is 6.95. The number of ether oxygens (including phenoxy) is 2. The van der Waals surface area contributed by atoms with E-state index in [2.05, 4.69) is 25.6 Å². The van der Waals surface area contributed by atoms with Gasteiger partial charge in [-0.3, -0.25) is 9.59 Å².